The zero-order valence-electron chi connectivity index (χ0n) is 16.9. The molecule has 0 saturated heterocycles. The molecular weight excluding hydrogens is 378 g/mol. The summed E-state index contributed by atoms with van der Waals surface area (Å²) in [6.07, 6.45) is 15.9. The van der Waals surface area contributed by atoms with Crippen LogP contribution in [0.25, 0.3) is 0 Å². The zero-order chi connectivity index (χ0) is 20.9. The molecule has 4 rings (SSSR count). The van der Waals surface area contributed by atoms with Crippen molar-refractivity contribution < 1.29 is 0 Å². The van der Waals surface area contributed by atoms with Gasteiger partial charge in [-0.25, -0.2) is 30.0 Å². The Morgan fingerprint density at radius 1 is 0.467 bits per heavy atom. The highest BCUT2D eigenvalue weighted by atomic mass is 15.2. The number of aliphatic imine (C=N–C) groups is 6. The monoisotopic (exact) mass is 399 g/mol. The van der Waals surface area contributed by atoms with E-state index in [2.05, 4.69) is 45.9 Å². The van der Waals surface area contributed by atoms with Gasteiger partial charge in [-0.2, -0.15) is 0 Å². The van der Waals surface area contributed by atoms with Crippen molar-refractivity contribution in [2.45, 2.75) is 20.8 Å². The van der Waals surface area contributed by atoms with Crippen LogP contribution in [0.15, 0.2) is 101 Å². The molecule has 4 aliphatic rings. The molecule has 0 amide bonds. The predicted molar refractivity (Wildman–Crippen MR) is 123 cm³/mol. The van der Waals surface area contributed by atoms with E-state index in [9.17, 15) is 0 Å². The lowest BCUT2D eigenvalue weighted by molar-refractivity contribution is 1.04. The van der Waals surface area contributed by atoms with Crippen LogP contribution in [-0.2, 0) is 0 Å². The third-order valence-electron chi connectivity index (χ3n) is 4.14. The van der Waals surface area contributed by atoms with Crippen molar-refractivity contribution in [2.75, 3.05) is 0 Å². The molecule has 0 unspecified atom stereocenters. The quantitative estimate of drug-likeness (QED) is 0.582. The van der Waals surface area contributed by atoms with Gasteiger partial charge in [-0.15, -0.1) is 0 Å². The molecule has 0 aliphatic carbocycles. The largest absolute Gasteiger partial charge is 0.325 e. The van der Waals surface area contributed by atoms with Crippen molar-refractivity contribution in [1.29, 1.82) is 0 Å². The minimum atomic E-state index is 0.640. The Morgan fingerprint density at radius 3 is 1.07 bits per heavy atom. The summed E-state index contributed by atoms with van der Waals surface area (Å²) < 4.78 is 0. The van der Waals surface area contributed by atoms with E-state index in [4.69, 9.17) is 0 Å². The fraction of sp³-hybridized carbons (Fsp3) is 0.143. The second kappa shape index (κ2) is 8.48. The fourth-order valence-corrected chi connectivity index (χ4v) is 2.91. The Kier molecular flexibility index (Phi) is 5.42. The van der Waals surface area contributed by atoms with Crippen LogP contribution in [0, 0.1) is 0 Å². The number of amidine groups is 3. The molecule has 0 spiro atoms. The van der Waals surface area contributed by atoms with Crippen LogP contribution in [0.2, 0.25) is 0 Å². The van der Waals surface area contributed by atoms with Gasteiger partial charge in [0.2, 0.25) is 0 Å². The second-order valence-corrected chi connectivity index (χ2v) is 6.91. The maximum absolute atomic E-state index is 4.38. The third-order valence-corrected chi connectivity index (χ3v) is 4.14. The Hall–Kier alpha value is -4.14. The van der Waals surface area contributed by atoms with E-state index in [0.717, 1.165) is 16.7 Å². The van der Waals surface area contributed by atoms with Gasteiger partial charge in [0.1, 0.15) is 54.0 Å². The lowest BCUT2D eigenvalue weighted by atomic mass is 10.2. The van der Waals surface area contributed by atoms with Crippen LogP contribution in [0.4, 0.5) is 0 Å². The van der Waals surface area contributed by atoms with E-state index >= 15 is 0 Å². The predicted octanol–water partition coefficient (Wildman–Crippen LogP) is 2.45. The third kappa shape index (κ3) is 5.02. The molecule has 0 radical (unpaired) electrons. The van der Waals surface area contributed by atoms with Crippen molar-refractivity contribution >= 4 is 36.5 Å². The second-order valence-electron chi connectivity index (χ2n) is 6.91. The standard InChI is InChI=1S/C21H21N9/c1-13-4-16-22-10-24-18-6-14(2)8-20(29-18)26-12-27-21-9-15(3)7-19(30-21)25-11-23-17(5-13)28-16/h4-12H,1-3H3,(H3,22,23,24,25,26,27,28,29,30). The van der Waals surface area contributed by atoms with Gasteiger partial charge in [0, 0.05) is 0 Å². The lowest BCUT2D eigenvalue weighted by Crippen LogP contribution is -2.25. The first-order valence-electron chi connectivity index (χ1n) is 9.35. The molecule has 30 heavy (non-hydrogen) atoms. The Morgan fingerprint density at radius 2 is 0.767 bits per heavy atom. The average molecular weight is 399 g/mol. The molecule has 0 fully saturated rings. The molecule has 3 N–H and O–H groups in total. The van der Waals surface area contributed by atoms with E-state index < -0.39 is 0 Å². The first-order valence-corrected chi connectivity index (χ1v) is 9.35. The summed E-state index contributed by atoms with van der Waals surface area (Å²) in [6.45, 7) is 5.94. The summed E-state index contributed by atoms with van der Waals surface area (Å²) in [7, 11) is 0. The number of hydrogen-bond acceptors (Lipinski definition) is 9. The summed E-state index contributed by atoms with van der Waals surface area (Å²) in [5.41, 5.74) is 3.05. The van der Waals surface area contributed by atoms with Crippen molar-refractivity contribution in [2.24, 2.45) is 30.0 Å². The lowest BCUT2D eigenvalue weighted by Gasteiger charge is -2.14. The maximum atomic E-state index is 4.38. The van der Waals surface area contributed by atoms with Crippen LogP contribution in [0.5, 0.6) is 0 Å². The molecule has 6 bridgehead atoms. The van der Waals surface area contributed by atoms with Crippen molar-refractivity contribution in [1.82, 2.24) is 16.0 Å². The van der Waals surface area contributed by atoms with Gasteiger partial charge < -0.3 is 16.0 Å². The molecular formula is C21H21N9. The molecule has 0 saturated carbocycles. The van der Waals surface area contributed by atoms with E-state index in [1.165, 1.54) is 19.0 Å². The topological polar surface area (TPSA) is 110 Å². The number of nitrogens with zero attached hydrogens (tertiary/aromatic N) is 6. The zero-order valence-corrected chi connectivity index (χ0v) is 16.9. The van der Waals surface area contributed by atoms with Crippen LogP contribution in [-0.4, -0.2) is 36.5 Å². The number of fused-ring (bicyclic) bond motifs is 6. The van der Waals surface area contributed by atoms with Crippen LogP contribution >= 0.6 is 0 Å². The van der Waals surface area contributed by atoms with Gasteiger partial charge >= 0.3 is 0 Å². The van der Waals surface area contributed by atoms with Gasteiger partial charge in [-0.3, -0.25) is 0 Å². The SMILES string of the molecule is CC1=CC2=NC=NC3=CC(C)=CC(=NC=NC4=CC(C)=CC(=NC=NC(=C1)N2)N4)N3. The van der Waals surface area contributed by atoms with E-state index in [1.807, 2.05) is 57.2 Å². The summed E-state index contributed by atoms with van der Waals surface area (Å²) in [5, 5.41) is 9.44. The van der Waals surface area contributed by atoms with E-state index in [1.54, 1.807) is 0 Å². The van der Waals surface area contributed by atoms with Crippen LogP contribution in [0.3, 0.4) is 0 Å². The first-order chi connectivity index (χ1) is 14.5. The number of rotatable bonds is 0. The molecule has 0 aromatic carbocycles. The summed E-state index contributed by atoms with van der Waals surface area (Å²) in [5.74, 6) is 3.84. The van der Waals surface area contributed by atoms with Crippen LogP contribution < -0.4 is 16.0 Å². The van der Waals surface area contributed by atoms with E-state index in [0.29, 0.717) is 35.0 Å². The normalized spacial score (nSPS) is 20.7. The number of allylic oxidation sites excluding steroid dienone is 6. The molecule has 0 atom stereocenters. The molecule has 150 valence electrons. The summed E-state index contributed by atoms with van der Waals surface area (Å²) in [6, 6.07) is 0. The molecule has 0 aromatic heterocycles. The van der Waals surface area contributed by atoms with Gasteiger partial charge in [-0.1, -0.05) is 0 Å². The van der Waals surface area contributed by atoms with E-state index in [-0.39, 0.29) is 0 Å². The van der Waals surface area contributed by atoms with Gasteiger partial charge in [0.15, 0.2) is 0 Å². The Bertz CT molecular complexity index is 986. The Labute approximate surface area is 174 Å². The molecule has 9 nitrogen and oxygen atoms in total. The minimum Gasteiger partial charge on any atom is -0.325 e. The van der Waals surface area contributed by atoms with Crippen molar-refractivity contribution in [3.63, 3.8) is 0 Å². The molecule has 9 heteroatoms. The highest BCUT2D eigenvalue weighted by Crippen LogP contribution is 2.11. The average Bonchev–Trinajstić information content (AvgIpc) is 2.66. The number of hydrogen-bond donors (Lipinski definition) is 3. The molecule has 4 heterocycles. The van der Waals surface area contributed by atoms with Crippen molar-refractivity contribution in [3.8, 4) is 0 Å². The molecule has 0 aromatic rings. The first kappa shape index (κ1) is 19.2. The summed E-state index contributed by atoms with van der Waals surface area (Å²) in [4.78, 5) is 26.3. The smallest absolute Gasteiger partial charge is 0.133 e. The highest BCUT2D eigenvalue weighted by molar-refractivity contribution is 6.03. The fourth-order valence-electron chi connectivity index (χ4n) is 2.91. The minimum absolute atomic E-state index is 0.640. The molecule has 4 aliphatic heterocycles. The van der Waals surface area contributed by atoms with Crippen molar-refractivity contribution in [3.05, 3.63) is 70.6 Å². The maximum Gasteiger partial charge on any atom is 0.133 e. The van der Waals surface area contributed by atoms with Gasteiger partial charge in [0.05, 0.1) is 0 Å². The Balaban J connectivity index is 1.72. The summed E-state index contributed by atoms with van der Waals surface area (Å²) >= 11 is 0. The van der Waals surface area contributed by atoms with Gasteiger partial charge in [-0.05, 0) is 73.9 Å². The number of dihydropyridines is 3. The van der Waals surface area contributed by atoms with Crippen LogP contribution in [0.1, 0.15) is 20.8 Å². The highest BCUT2D eigenvalue weighted by Gasteiger charge is 2.09. The number of nitrogens with one attached hydrogen (secondary N) is 3. The van der Waals surface area contributed by atoms with Gasteiger partial charge in [0.25, 0.3) is 0 Å².